The molecule has 8 rings (SSSR count). The van der Waals surface area contributed by atoms with Gasteiger partial charge in [0.25, 0.3) is 0 Å². The lowest BCUT2D eigenvalue weighted by Gasteiger charge is -2.60. The zero-order valence-electron chi connectivity index (χ0n) is 42.2. The van der Waals surface area contributed by atoms with E-state index in [1.807, 2.05) is 6.92 Å². The average molecular weight is 1020 g/mol. The predicted molar refractivity (Wildman–Crippen MR) is 247 cm³/mol. The molecule has 4 saturated heterocycles. The topological polar surface area (TPSA) is 302 Å². The van der Waals surface area contributed by atoms with Crippen molar-refractivity contribution in [2.45, 2.75) is 216 Å². The fourth-order valence-corrected chi connectivity index (χ4v) is 14.2. The highest BCUT2D eigenvalue weighted by atomic mass is 16.8. The highest BCUT2D eigenvalue weighted by Gasteiger charge is 2.69. The van der Waals surface area contributed by atoms with Crippen molar-refractivity contribution in [3.8, 4) is 0 Å². The molecule has 0 aromatic heterocycles. The van der Waals surface area contributed by atoms with Crippen LogP contribution in [0.5, 0.6) is 0 Å². The zero-order valence-corrected chi connectivity index (χ0v) is 42.2. The number of carbonyl (C=O) groups excluding carboxylic acids is 1. The van der Waals surface area contributed by atoms with Gasteiger partial charge in [-0.05, 0) is 80.5 Å². The van der Waals surface area contributed by atoms with Crippen LogP contribution >= 0.6 is 0 Å². The van der Waals surface area contributed by atoms with Crippen LogP contribution in [-0.2, 0) is 47.4 Å². The third-order valence-electron chi connectivity index (χ3n) is 18.8. The second-order valence-electron chi connectivity index (χ2n) is 22.6. The van der Waals surface area contributed by atoms with Crippen molar-refractivity contribution in [2.24, 2.45) is 46.3 Å². The molecule has 7 fully saturated rings. The second-order valence-corrected chi connectivity index (χ2v) is 22.6. The Hall–Kier alpha value is -1.77. The van der Waals surface area contributed by atoms with E-state index in [1.165, 1.54) is 6.92 Å². The van der Waals surface area contributed by atoms with Gasteiger partial charge >= 0.3 is 5.97 Å². The minimum absolute atomic E-state index is 0.00153. The van der Waals surface area contributed by atoms with E-state index in [9.17, 15) is 55.9 Å². The monoisotopic (exact) mass is 1010 g/mol. The Morgan fingerprint density at radius 3 is 2.30 bits per heavy atom. The quantitative estimate of drug-likeness (QED) is 0.0735. The number of hydrogen-bond donors (Lipinski definition) is 10. The number of allylic oxidation sites excluding steroid dienone is 1. The Kier molecular flexibility index (Phi) is 16.9. The van der Waals surface area contributed by atoms with E-state index in [-0.39, 0.29) is 60.7 Å². The van der Waals surface area contributed by atoms with Crippen LogP contribution in [-0.4, -0.2) is 200 Å². The minimum atomic E-state index is -1.73. The van der Waals surface area contributed by atoms with Crippen LogP contribution in [0, 0.1) is 46.3 Å². The van der Waals surface area contributed by atoms with Gasteiger partial charge in [-0.1, -0.05) is 64.8 Å². The molecule has 27 atom stereocenters. The van der Waals surface area contributed by atoms with Crippen molar-refractivity contribution >= 4 is 5.97 Å². The maximum absolute atomic E-state index is 13.1. The Bertz CT molecular complexity index is 1890. The molecule has 10 N–H and O–H groups in total. The van der Waals surface area contributed by atoms with E-state index in [1.54, 1.807) is 14.0 Å². The molecule has 27 unspecified atom stereocenters. The minimum Gasteiger partial charge on any atom is -0.455 e. The smallest absolute Gasteiger partial charge is 0.335 e. The molecule has 71 heavy (non-hydrogen) atoms. The van der Waals surface area contributed by atoms with Gasteiger partial charge in [-0.3, -0.25) is 0 Å². The number of fused-ring (bicyclic) bond motifs is 7. The molecule has 0 radical (unpaired) electrons. The highest BCUT2D eigenvalue weighted by molar-refractivity contribution is 5.75. The van der Waals surface area contributed by atoms with Gasteiger partial charge < -0.3 is 93.7 Å². The molecule has 20 heteroatoms. The van der Waals surface area contributed by atoms with E-state index in [0.29, 0.717) is 31.3 Å². The number of hydrogen-bond acceptors (Lipinski definition) is 20. The molecule has 4 aliphatic carbocycles. The summed E-state index contributed by atoms with van der Waals surface area (Å²) < 4.78 is 55.4. The van der Waals surface area contributed by atoms with Crippen molar-refractivity contribution in [3.05, 3.63) is 23.8 Å². The predicted octanol–water partition coefficient (Wildman–Crippen LogP) is 0.311. The fraction of sp³-hybridized carbons (Fsp3) is 0.902. The molecule has 406 valence electrons. The highest BCUT2D eigenvalue weighted by Crippen LogP contribution is 2.70. The van der Waals surface area contributed by atoms with E-state index >= 15 is 0 Å². The third-order valence-corrected chi connectivity index (χ3v) is 18.8. The number of rotatable bonds is 16. The summed E-state index contributed by atoms with van der Waals surface area (Å²) >= 11 is 0. The summed E-state index contributed by atoms with van der Waals surface area (Å²) in [6, 6.07) is 0. The Balaban J connectivity index is 0.970. The normalized spacial score (nSPS) is 50.5. The van der Waals surface area contributed by atoms with Gasteiger partial charge in [0.1, 0.15) is 54.9 Å². The molecule has 0 aromatic rings. The van der Waals surface area contributed by atoms with Crippen molar-refractivity contribution in [1.29, 1.82) is 0 Å². The average Bonchev–Trinajstić information content (AvgIpc) is 3.81. The molecule has 20 nitrogen and oxygen atoms in total. The van der Waals surface area contributed by atoms with Crippen molar-refractivity contribution in [2.75, 3.05) is 26.9 Å². The Morgan fingerprint density at radius 2 is 1.61 bits per heavy atom. The first-order valence-electron chi connectivity index (χ1n) is 25.9. The van der Waals surface area contributed by atoms with E-state index in [0.717, 1.165) is 31.3 Å². The van der Waals surface area contributed by atoms with Gasteiger partial charge in [0, 0.05) is 31.3 Å². The first kappa shape index (κ1) is 55.5. The van der Waals surface area contributed by atoms with E-state index in [4.69, 9.17) is 42.6 Å². The number of aliphatic hydroxyl groups is 10. The molecule has 4 heterocycles. The molecule has 0 aromatic carbocycles. The number of aliphatic hydroxyl groups excluding tert-OH is 10. The van der Waals surface area contributed by atoms with Crippen molar-refractivity contribution < 1.29 is 98.5 Å². The van der Waals surface area contributed by atoms with Gasteiger partial charge in [0.15, 0.2) is 36.9 Å². The molecule has 0 amide bonds. The summed E-state index contributed by atoms with van der Waals surface area (Å²) in [5, 5.41) is 106. The summed E-state index contributed by atoms with van der Waals surface area (Å²) in [7, 11) is 1.67. The SMILES string of the molecule is C=C(CCC1(OC)OC2CC3C4CC=C5CC(O)CC(OC6OCC(OC(=O)C(O)C(C)CC)C(O)C6OC6OC(C)C(O)C(O)C6O)C5(C)C4CCC3(C)C2C1C)COC1OC(CO)C(O)C(O)C1O. The standard InChI is InChI=1S/C51H82O20/c1-9-23(3)36(54)45(62)67-33-21-65-48(44(39(33)57)70-47-43(61)40(58)37(55)25(5)66-47)69-34-17-27(53)16-26-10-11-28-29(50(26,34)7)13-14-49(6)30(28)18-31-35(49)24(4)51(63-8,71-31)15-12-22(2)20-64-46-42(60)41(59)38(56)32(19-52)68-46/h10,23-25,27-44,46-48,52-61H,2,9,11-21H2,1,3-8H3. The third kappa shape index (κ3) is 9.97. The number of methoxy groups -OCH3 is 1. The largest absolute Gasteiger partial charge is 0.455 e. The molecule has 8 aliphatic rings. The summed E-state index contributed by atoms with van der Waals surface area (Å²) in [4.78, 5) is 13.1. The van der Waals surface area contributed by atoms with Crippen molar-refractivity contribution in [3.63, 3.8) is 0 Å². The van der Waals surface area contributed by atoms with Crippen LogP contribution in [0.3, 0.4) is 0 Å². The van der Waals surface area contributed by atoms with Gasteiger partial charge in [0.2, 0.25) is 0 Å². The molecule has 0 bridgehead atoms. The maximum atomic E-state index is 13.1. The maximum Gasteiger partial charge on any atom is 0.335 e. The second kappa shape index (κ2) is 21.7. The summed E-state index contributed by atoms with van der Waals surface area (Å²) in [5.41, 5.74) is 1.06. The first-order chi connectivity index (χ1) is 33.5. The van der Waals surface area contributed by atoms with Gasteiger partial charge in [0.05, 0.1) is 44.2 Å². The first-order valence-corrected chi connectivity index (χ1v) is 25.9. The van der Waals surface area contributed by atoms with Gasteiger partial charge in [-0.15, -0.1) is 0 Å². The van der Waals surface area contributed by atoms with Crippen LogP contribution in [0.2, 0.25) is 0 Å². The molecule has 3 saturated carbocycles. The fourth-order valence-electron chi connectivity index (χ4n) is 14.2. The zero-order chi connectivity index (χ0) is 51.6. The van der Waals surface area contributed by atoms with E-state index in [2.05, 4.69) is 33.4 Å². The summed E-state index contributed by atoms with van der Waals surface area (Å²) in [5.74, 6) is -1.48. The molecular weight excluding hydrogens is 933 g/mol. The number of carbonyl (C=O) groups is 1. The van der Waals surface area contributed by atoms with Crippen LogP contribution in [0.25, 0.3) is 0 Å². The number of esters is 1. The lowest BCUT2D eigenvalue weighted by atomic mass is 9.46. The van der Waals surface area contributed by atoms with Crippen LogP contribution in [0.1, 0.15) is 99.3 Å². The summed E-state index contributed by atoms with van der Waals surface area (Å²) in [6.45, 7) is 15.1. The molecular formula is C51H82O20. The Morgan fingerprint density at radius 1 is 0.901 bits per heavy atom. The number of ether oxygens (including phenoxy) is 9. The van der Waals surface area contributed by atoms with Crippen molar-refractivity contribution in [1.82, 2.24) is 0 Å². The lowest BCUT2D eigenvalue weighted by Crippen LogP contribution is -2.64. The van der Waals surface area contributed by atoms with Crippen LogP contribution in [0.4, 0.5) is 0 Å². The van der Waals surface area contributed by atoms with Gasteiger partial charge in [-0.2, -0.15) is 0 Å². The molecule has 4 aliphatic heterocycles. The van der Waals surface area contributed by atoms with Crippen LogP contribution < -0.4 is 0 Å². The molecule has 0 spiro atoms. The van der Waals surface area contributed by atoms with Gasteiger partial charge in [-0.25, -0.2) is 4.79 Å². The van der Waals surface area contributed by atoms with Crippen LogP contribution in [0.15, 0.2) is 23.8 Å². The lowest BCUT2D eigenvalue weighted by molar-refractivity contribution is -0.363. The summed E-state index contributed by atoms with van der Waals surface area (Å²) in [6.07, 6.45) is -15.1. The van der Waals surface area contributed by atoms with E-state index < -0.39 is 134 Å². The Labute approximate surface area is 416 Å².